The SMILES string of the molecule is CCCCCCCC(=O)N[C@@H](CCCNC(=N)NC)C(=O)N[C@@H](CC(C)C)B(O)O. The zero-order valence-electron chi connectivity index (χ0n) is 19.1. The van der Waals surface area contributed by atoms with Crippen molar-refractivity contribution in [3.63, 3.8) is 0 Å². The lowest BCUT2D eigenvalue weighted by Gasteiger charge is -2.24. The summed E-state index contributed by atoms with van der Waals surface area (Å²) in [6, 6.07) is -0.757. The maximum Gasteiger partial charge on any atom is 0.475 e. The highest BCUT2D eigenvalue weighted by Crippen LogP contribution is 2.08. The molecular weight excluding hydrogens is 385 g/mol. The molecular formula is C20H42BN5O4. The van der Waals surface area contributed by atoms with Gasteiger partial charge in [0.2, 0.25) is 11.8 Å². The van der Waals surface area contributed by atoms with Gasteiger partial charge in [-0.15, -0.1) is 0 Å². The molecule has 0 heterocycles. The molecule has 0 aromatic carbocycles. The van der Waals surface area contributed by atoms with Crippen LogP contribution < -0.4 is 21.3 Å². The smallest absolute Gasteiger partial charge is 0.426 e. The molecule has 0 aliphatic rings. The third kappa shape index (κ3) is 14.2. The molecule has 174 valence electrons. The van der Waals surface area contributed by atoms with Gasteiger partial charge in [-0.1, -0.05) is 46.5 Å². The molecule has 0 spiro atoms. The number of hydrogen-bond donors (Lipinski definition) is 7. The molecule has 10 heteroatoms. The molecule has 0 bridgehead atoms. The van der Waals surface area contributed by atoms with Crippen molar-refractivity contribution in [3.05, 3.63) is 0 Å². The fourth-order valence-electron chi connectivity index (χ4n) is 3.08. The number of amides is 2. The summed E-state index contributed by atoms with van der Waals surface area (Å²) in [6.45, 7) is 6.48. The van der Waals surface area contributed by atoms with Crippen LogP contribution in [0.1, 0.15) is 78.6 Å². The first-order valence-corrected chi connectivity index (χ1v) is 11.2. The molecule has 7 N–H and O–H groups in total. The van der Waals surface area contributed by atoms with Crippen LogP contribution in [0.3, 0.4) is 0 Å². The van der Waals surface area contributed by atoms with Gasteiger partial charge in [0.15, 0.2) is 5.96 Å². The summed E-state index contributed by atoms with van der Waals surface area (Å²) >= 11 is 0. The monoisotopic (exact) mass is 427 g/mol. The van der Waals surface area contributed by atoms with Crippen LogP contribution in [0.5, 0.6) is 0 Å². The topological polar surface area (TPSA) is 147 Å². The van der Waals surface area contributed by atoms with Gasteiger partial charge in [-0.05, 0) is 31.6 Å². The van der Waals surface area contributed by atoms with E-state index in [0.717, 1.165) is 32.1 Å². The Balaban J connectivity index is 4.79. The van der Waals surface area contributed by atoms with E-state index in [2.05, 4.69) is 28.2 Å². The first-order chi connectivity index (χ1) is 14.2. The van der Waals surface area contributed by atoms with E-state index in [1.807, 2.05) is 13.8 Å². The first-order valence-electron chi connectivity index (χ1n) is 11.2. The molecule has 0 saturated carbocycles. The maximum atomic E-state index is 12.8. The number of carbonyl (C=O) groups is 2. The van der Waals surface area contributed by atoms with E-state index in [4.69, 9.17) is 5.41 Å². The van der Waals surface area contributed by atoms with Crippen molar-refractivity contribution in [3.8, 4) is 0 Å². The van der Waals surface area contributed by atoms with E-state index in [1.54, 1.807) is 7.05 Å². The highest BCUT2D eigenvalue weighted by Gasteiger charge is 2.29. The Bertz CT molecular complexity index is 506. The second kappa shape index (κ2) is 16.9. The minimum Gasteiger partial charge on any atom is -0.426 e. The summed E-state index contributed by atoms with van der Waals surface area (Å²) < 4.78 is 0. The molecule has 0 rings (SSSR count). The maximum absolute atomic E-state index is 12.8. The summed E-state index contributed by atoms with van der Waals surface area (Å²) in [4.78, 5) is 25.1. The summed E-state index contributed by atoms with van der Waals surface area (Å²) in [6.07, 6.45) is 6.90. The highest BCUT2D eigenvalue weighted by atomic mass is 16.4. The minimum absolute atomic E-state index is 0.171. The van der Waals surface area contributed by atoms with E-state index >= 15 is 0 Å². The standard InChI is InChI=1S/C20H42BN5O4/c1-5-6-7-8-9-12-18(27)25-16(11-10-13-24-20(22)23-4)19(28)26-17(21(29)30)14-15(2)3/h15-17,29-30H,5-14H2,1-4H3,(H,25,27)(H,26,28)(H3,22,23,24)/t16-,17-/m0/s1. The highest BCUT2D eigenvalue weighted by molar-refractivity contribution is 6.43. The van der Waals surface area contributed by atoms with Gasteiger partial charge in [0.05, 0.1) is 5.94 Å². The van der Waals surface area contributed by atoms with Gasteiger partial charge >= 0.3 is 7.12 Å². The third-order valence-electron chi connectivity index (χ3n) is 4.79. The number of hydrogen-bond acceptors (Lipinski definition) is 5. The van der Waals surface area contributed by atoms with Crippen LogP contribution in [0, 0.1) is 11.3 Å². The van der Waals surface area contributed by atoms with Crippen molar-refractivity contribution in [2.75, 3.05) is 13.6 Å². The van der Waals surface area contributed by atoms with Crippen LogP contribution >= 0.6 is 0 Å². The minimum atomic E-state index is -1.66. The van der Waals surface area contributed by atoms with Gasteiger partial charge in [0.25, 0.3) is 0 Å². The normalized spacial score (nSPS) is 12.8. The summed E-state index contributed by atoms with van der Waals surface area (Å²) in [7, 11) is -0.0227. The van der Waals surface area contributed by atoms with Gasteiger partial charge in [-0.3, -0.25) is 15.0 Å². The number of nitrogens with one attached hydrogen (secondary N) is 5. The van der Waals surface area contributed by atoms with Crippen LogP contribution in [-0.4, -0.2) is 60.5 Å². The Kier molecular flexibility index (Phi) is 15.9. The largest absolute Gasteiger partial charge is 0.475 e. The van der Waals surface area contributed by atoms with E-state index < -0.39 is 25.0 Å². The second-order valence-electron chi connectivity index (χ2n) is 8.14. The first kappa shape index (κ1) is 28.2. The average molecular weight is 427 g/mol. The zero-order valence-corrected chi connectivity index (χ0v) is 19.1. The Morgan fingerprint density at radius 3 is 2.27 bits per heavy atom. The number of guanidine groups is 1. The predicted octanol–water partition coefficient (Wildman–Crippen LogP) is 0.899. The third-order valence-corrected chi connectivity index (χ3v) is 4.79. The van der Waals surface area contributed by atoms with Gasteiger partial charge in [0.1, 0.15) is 6.04 Å². The molecule has 30 heavy (non-hydrogen) atoms. The van der Waals surface area contributed by atoms with E-state index in [9.17, 15) is 19.6 Å². The van der Waals surface area contributed by atoms with Crippen molar-refractivity contribution in [2.45, 2.75) is 90.5 Å². The van der Waals surface area contributed by atoms with Crippen molar-refractivity contribution >= 4 is 24.9 Å². The van der Waals surface area contributed by atoms with Crippen LogP contribution in [0.4, 0.5) is 0 Å². The van der Waals surface area contributed by atoms with Crippen molar-refractivity contribution < 1.29 is 19.6 Å². The molecule has 0 aliphatic carbocycles. The fourth-order valence-corrected chi connectivity index (χ4v) is 3.08. The van der Waals surface area contributed by atoms with Crippen LogP contribution in [0.25, 0.3) is 0 Å². The number of carbonyl (C=O) groups excluding carboxylic acids is 2. The van der Waals surface area contributed by atoms with E-state index in [-0.39, 0.29) is 17.8 Å². The van der Waals surface area contributed by atoms with E-state index in [1.165, 1.54) is 0 Å². The van der Waals surface area contributed by atoms with Crippen LogP contribution in [-0.2, 0) is 9.59 Å². The van der Waals surface area contributed by atoms with Gasteiger partial charge in [0, 0.05) is 20.0 Å². The van der Waals surface area contributed by atoms with Crippen molar-refractivity contribution in [2.24, 2.45) is 5.92 Å². The molecule has 0 saturated heterocycles. The molecule has 2 amide bonds. The predicted molar refractivity (Wildman–Crippen MR) is 121 cm³/mol. The summed E-state index contributed by atoms with van der Waals surface area (Å²) in [5, 5.41) is 37.7. The lowest BCUT2D eigenvalue weighted by Crippen LogP contribution is -2.54. The Morgan fingerprint density at radius 2 is 1.70 bits per heavy atom. The fraction of sp³-hybridized carbons (Fsp3) is 0.850. The van der Waals surface area contributed by atoms with Crippen molar-refractivity contribution in [1.29, 1.82) is 5.41 Å². The molecule has 0 fully saturated rings. The molecule has 9 nitrogen and oxygen atoms in total. The van der Waals surface area contributed by atoms with Gasteiger partial charge in [-0.25, -0.2) is 0 Å². The van der Waals surface area contributed by atoms with E-state index in [0.29, 0.717) is 32.2 Å². The van der Waals surface area contributed by atoms with Gasteiger partial charge in [-0.2, -0.15) is 0 Å². The molecule has 0 aromatic rings. The van der Waals surface area contributed by atoms with Crippen LogP contribution in [0.2, 0.25) is 0 Å². The lowest BCUT2D eigenvalue weighted by atomic mass is 9.75. The molecule has 0 aliphatic heterocycles. The average Bonchev–Trinajstić information content (AvgIpc) is 2.68. The summed E-state index contributed by atoms with van der Waals surface area (Å²) in [5.41, 5.74) is 0. The van der Waals surface area contributed by atoms with Crippen molar-refractivity contribution in [1.82, 2.24) is 21.3 Å². The molecule has 0 aromatic heterocycles. The van der Waals surface area contributed by atoms with Gasteiger partial charge < -0.3 is 31.3 Å². The molecule has 2 atom stereocenters. The zero-order chi connectivity index (χ0) is 22.9. The molecule has 0 radical (unpaired) electrons. The van der Waals surface area contributed by atoms with Crippen LogP contribution in [0.15, 0.2) is 0 Å². The summed E-state index contributed by atoms with van der Waals surface area (Å²) in [5.74, 6) is -1.02. The number of rotatable bonds is 16. The lowest BCUT2D eigenvalue weighted by molar-refractivity contribution is -0.129. The second-order valence-corrected chi connectivity index (χ2v) is 8.14. The Morgan fingerprint density at radius 1 is 1.03 bits per heavy atom. The quantitative estimate of drug-likeness (QED) is 0.0843. The Hall–Kier alpha value is -1.81. The molecule has 0 unspecified atom stereocenters. The number of unbranched alkanes of at least 4 members (excludes halogenated alkanes) is 4. The Labute approximate surface area is 181 Å².